The molecule has 31 heavy (non-hydrogen) atoms. The Morgan fingerprint density at radius 1 is 0.968 bits per heavy atom. The summed E-state index contributed by atoms with van der Waals surface area (Å²) in [5.74, 6) is -1.07. The highest BCUT2D eigenvalue weighted by Crippen LogP contribution is 2.31. The highest BCUT2D eigenvalue weighted by atomic mass is 19.4. The van der Waals surface area contributed by atoms with Crippen LogP contribution in [0.4, 0.5) is 18.0 Å². The lowest BCUT2D eigenvalue weighted by Crippen LogP contribution is -2.46. The molecule has 0 aromatic heterocycles. The van der Waals surface area contributed by atoms with Crippen molar-refractivity contribution in [3.8, 4) is 0 Å². The Balaban J connectivity index is 3.19. The highest BCUT2D eigenvalue weighted by molar-refractivity contribution is 5.75. The fraction of sp³-hybridized carbons (Fsp3) is 0.636. The van der Waals surface area contributed by atoms with Crippen LogP contribution >= 0.6 is 0 Å². The van der Waals surface area contributed by atoms with Crippen LogP contribution in [-0.2, 0) is 25.2 Å². The molecule has 2 atom stereocenters. The number of hydrogen-bond acceptors (Lipinski definition) is 5. The molecule has 0 saturated carbocycles. The maximum Gasteiger partial charge on any atom is 0.416 e. The van der Waals surface area contributed by atoms with Gasteiger partial charge in [0.05, 0.1) is 23.6 Å². The summed E-state index contributed by atoms with van der Waals surface area (Å²) in [6.45, 7) is 10.0. The second-order valence-corrected chi connectivity index (χ2v) is 9.28. The third-order valence-electron chi connectivity index (χ3n) is 4.21. The Morgan fingerprint density at radius 2 is 1.52 bits per heavy atom. The third-order valence-corrected chi connectivity index (χ3v) is 4.21. The van der Waals surface area contributed by atoms with E-state index in [0.29, 0.717) is 5.56 Å². The topological polar surface area (TPSA) is 73.9 Å². The first kappa shape index (κ1) is 26.7. The van der Waals surface area contributed by atoms with Crippen molar-refractivity contribution in [3.05, 3.63) is 35.4 Å². The van der Waals surface area contributed by atoms with Gasteiger partial charge in [-0.15, -0.1) is 0 Å². The molecule has 0 fully saturated rings. The van der Waals surface area contributed by atoms with Crippen LogP contribution < -0.4 is 5.32 Å². The average molecular weight is 447 g/mol. The van der Waals surface area contributed by atoms with Gasteiger partial charge in [-0.2, -0.15) is 13.2 Å². The van der Waals surface area contributed by atoms with E-state index < -0.39 is 46.8 Å². The molecule has 0 aliphatic carbocycles. The summed E-state index contributed by atoms with van der Waals surface area (Å²) in [5.41, 5.74) is -1.82. The molecule has 1 rings (SSSR count). The fourth-order valence-corrected chi connectivity index (χ4v) is 2.64. The second kappa shape index (κ2) is 10.3. The lowest BCUT2D eigenvalue weighted by atomic mass is 9.91. The van der Waals surface area contributed by atoms with Crippen LogP contribution in [0.15, 0.2) is 24.3 Å². The lowest BCUT2D eigenvalue weighted by molar-refractivity contribution is -0.154. The van der Waals surface area contributed by atoms with Gasteiger partial charge in [-0.3, -0.25) is 4.79 Å². The second-order valence-electron chi connectivity index (χ2n) is 9.28. The number of nitrogens with one attached hydrogen (secondary N) is 1. The van der Waals surface area contributed by atoms with E-state index in [1.165, 1.54) is 19.2 Å². The Hall–Kier alpha value is -2.29. The van der Waals surface area contributed by atoms with Crippen LogP contribution in [0.1, 0.15) is 58.6 Å². The van der Waals surface area contributed by atoms with Crippen molar-refractivity contribution in [2.75, 3.05) is 20.3 Å². The van der Waals surface area contributed by atoms with Gasteiger partial charge in [-0.05, 0) is 59.2 Å². The molecule has 1 aromatic rings. The summed E-state index contributed by atoms with van der Waals surface area (Å²) >= 11 is 0. The number of alkyl halides is 3. The van der Waals surface area contributed by atoms with E-state index in [2.05, 4.69) is 5.32 Å². The number of ether oxygens (including phenoxy) is 3. The van der Waals surface area contributed by atoms with Gasteiger partial charge in [0, 0.05) is 13.0 Å². The number of esters is 1. The number of carbonyl (C=O) groups is 2. The minimum atomic E-state index is -4.47. The molecular formula is C22H32F3NO5. The van der Waals surface area contributed by atoms with Crippen molar-refractivity contribution in [1.82, 2.24) is 5.32 Å². The number of methoxy groups -OCH3 is 1. The monoisotopic (exact) mass is 447 g/mol. The van der Waals surface area contributed by atoms with Crippen LogP contribution in [0.3, 0.4) is 0 Å². The van der Waals surface area contributed by atoms with Crippen molar-refractivity contribution >= 4 is 12.1 Å². The normalized spacial score (nSPS) is 14.5. The van der Waals surface area contributed by atoms with Gasteiger partial charge in [-0.25, -0.2) is 4.79 Å². The molecule has 0 saturated heterocycles. The molecule has 1 aromatic carbocycles. The number of rotatable bonds is 7. The van der Waals surface area contributed by atoms with Crippen LogP contribution in [0, 0.1) is 5.41 Å². The minimum absolute atomic E-state index is 0.0684. The first-order valence-electron chi connectivity index (χ1n) is 9.87. The van der Waals surface area contributed by atoms with Crippen LogP contribution in [0.2, 0.25) is 0 Å². The Kier molecular flexibility index (Phi) is 8.93. The summed E-state index contributed by atoms with van der Waals surface area (Å²) in [6, 6.07) is 3.77. The molecule has 1 N–H and O–H groups in total. The summed E-state index contributed by atoms with van der Waals surface area (Å²) < 4.78 is 54.7. The molecular weight excluding hydrogens is 415 g/mol. The van der Waals surface area contributed by atoms with Gasteiger partial charge in [0.2, 0.25) is 0 Å². The molecule has 1 amide bonds. The average Bonchev–Trinajstić information content (AvgIpc) is 2.60. The maximum absolute atomic E-state index is 12.9. The number of hydrogen-bond donors (Lipinski definition) is 1. The molecule has 0 unspecified atom stereocenters. The quantitative estimate of drug-likeness (QED) is 0.601. The molecule has 176 valence electrons. The molecule has 0 bridgehead atoms. The molecule has 0 aliphatic rings. The van der Waals surface area contributed by atoms with E-state index in [0.717, 1.165) is 12.1 Å². The zero-order valence-electron chi connectivity index (χ0n) is 19.1. The van der Waals surface area contributed by atoms with Gasteiger partial charge in [0.1, 0.15) is 12.2 Å². The largest absolute Gasteiger partial charge is 0.463 e. The summed E-state index contributed by atoms with van der Waals surface area (Å²) in [4.78, 5) is 24.6. The van der Waals surface area contributed by atoms with Crippen LogP contribution in [0.25, 0.3) is 0 Å². The van der Waals surface area contributed by atoms with Gasteiger partial charge >= 0.3 is 18.2 Å². The zero-order chi connectivity index (χ0) is 24.0. The lowest BCUT2D eigenvalue weighted by Gasteiger charge is -2.30. The van der Waals surface area contributed by atoms with Gasteiger partial charge in [-0.1, -0.05) is 12.1 Å². The first-order valence-corrected chi connectivity index (χ1v) is 9.87. The van der Waals surface area contributed by atoms with E-state index in [9.17, 15) is 22.8 Å². The van der Waals surface area contributed by atoms with E-state index >= 15 is 0 Å². The first-order chi connectivity index (χ1) is 14.0. The van der Waals surface area contributed by atoms with E-state index in [4.69, 9.17) is 14.2 Å². The van der Waals surface area contributed by atoms with Crippen molar-refractivity contribution in [3.63, 3.8) is 0 Å². The number of benzene rings is 1. The molecule has 6 nitrogen and oxygen atoms in total. The smallest absolute Gasteiger partial charge is 0.416 e. The number of amides is 1. The highest BCUT2D eigenvalue weighted by Gasteiger charge is 2.33. The van der Waals surface area contributed by atoms with Gasteiger partial charge < -0.3 is 19.5 Å². The Morgan fingerprint density at radius 3 is 1.94 bits per heavy atom. The minimum Gasteiger partial charge on any atom is -0.463 e. The van der Waals surface area contributed by atoms with Crippen molar-refractivity contribution in [2.45, 2.75) is 65.3 Å². The van der Waals surface area contributed by atoms with Crippen LogP contribution in [-0.4, -0.2) is 44.0 Å². The van der Waals surface area contributed by atoms with Gasteiger partial charge in [0.25, 0.3) is 0 Å². The predicted molar refractivity (Wildman–Crippen MR) is 110 cm³/mol. The van der Waals surface area contributed by atoms with Crippen molar-refractivity contribution in [2.24, 2.45) is 5.41 Å². The Bertz CT molecular complexity index is 733. The number of alkyl carbamates (subject to hydrolysis) is 1. The molecule has 0 heterocycles. The van der Waals surface area contributed by atoms with Crippen molar-refractivity contribution in [1.29, 1.82) is 0 Å². The number of carbonyl (C=O) groups excluding carboxylic acids is 2. The molecule has 0 aliphatic heterocycles. The van der Waals surface area contributed by atoms with E-state index in [-0.39, 0.29) is 13.2 Å². The van der Waals surface area contributed by atoms with E-state index in [1.807, 2.05) is 0 Å². The standard InChI is InChI=1S/C22H32F3NO5/c1-20(2,3)18(27)30-13-17(26-19(28)31-21(4,5)6)16(12-29-7)14-8-10-15(11-9-14)22(23,24)25/h8-11,16-17H,12-13H2,1-7H3,(H,26,28)/t16-,17-/m0/s1. The zero-order valence-corrected chi connectivity index (χ0v) is 19.1. The number of halogens is 3. The summed E-state index contributed by atoms with van der Waals surface area (Å²) in [7, 11) is 1.43. The van der Waals surface area contributed by atoms with Crippen LogP contribution in [0.5, 0.6) is 0 Å². The molecule has 0 spiro atoms. The third kappa shape index (κ3) is 9.16. The summed E-state index contributed by atoms with van der Waals surface area (Å²) in [5, 5.41) is 2.67. The predicted octanol–water partition coefficient (Wildman–Crippen LogP) is 4.92. The SMILES string of the molecule is COC[C@@H](c1ccc(C(F)(F)F)cc1)[C@H](COC(=O)C(C)(C)C)NC(=O)OC(C)(C)C. The Labute approximate surface area is 181 Å². The summed E-state index contributed by atoms with van der Waals surface area (Å²) in [6.07, 6.45) is -5.21. The van der Waals surface area contributed by atoms with Crippen molar-refractivity contribution < 1.29 is 37.0 Å². The molecule has 9 heteroatoms. The van der Waals surface area contributed by atoms with E-state index in [1.54, 1.807) is 41.5 Å². The van der Waals surface area contributed by atoms with Gasteiger partial charge in [0.15, 0.2) is 0 Å². The maximum atomic E-state index is 12.9. The molecule has 0 radical (unpaired) electrons. The fourth-order valence-electron chi connectivity index (χ4n) is 2.64.